The number of aromatic nitrogens is 1. The van der Waals surface area contributed by atoms with Crippen LogP contribution in [0.15, 0.2) is 90.0 Å². The Kier molecular flexibility index (Phi) is 5.91. The van der Waals surface area contributed by atoms with Gasteiger partial charge in [0.1, 0.15) is 11.5 Å². The Morgan fingerprint density at radius 2 is 1.55 bits per heavy atom. The number of pyridine rings is 1. The number of nitrogen functional groups attached to an aromatic ring is 1. The maximum absolute atomic E-state index is 13.5. The van der Waals surface area contributed by atoms with E-state index in [1.807, 2.05) is 0 Å². The summed E-state index contributed by atoms with van der Waals surface area (Å²) in [5.41, 5.74) is 8.40. The zero-order valence-electron chi connectivity index (χ0n) is 17.2. The zero-order valence-corrected chi connectivity index (χ0v) is 18.0. The van der Waals surface area contributed by atoms with Crippen molar-refractivity contribution in [1.29, 1.82) is 0 Å². The van der Waals surface area contributed by atoms with Gasteiger partial charge in [0, 0.05) is 23.0 Å². The van der Waals surface area contributed by atoms with Gasteiger partial charge in [-0.2, -0.15) is 0 Å². The third kappa shape index (κ3) is 4.74. The number of sulfonamides is 1. The van der Waals surface area contributed by atoms with Crippen LogP contribution in [0.1, 0.15) is 10.5 Å². The van der Waals surface area contributed by atoms with Crippen LogP contribution in [0.5, 0.6) is 0 Å². The Balaban J connectivity index is 1.61. The molecule has 5 N–H and O–H groups in total. The first-order valence-electron chi connectivity index (χ1n) is 9.78. The summed E-state index contributed by atoms with van der Waals surface area (Å²) >= 11 is 0. The molecule has 7 nitrogen and oxygen atoms in total. The minimum atomic E-state index is -3.89. The SMILES string of the molecule is Nc1cc(-c2cccnc2C(=O)Nc2ccc(-c3ccccc3S(N)(=O)=O)cc2)ccc1F. The Morgan fingerprint density at radius 1 is 0.879 bits per heavy atom. The van der Waals surface area contributed by atoms with Crippen LogP contribution >= 0.6 is 0 Å². The first-order chi connectivity index (χ1) is 15.7. The lowest BCUT2D eigenvalue weighted by molar-refractivity contribution is 0.102. The monoisotopic (exact) mass is 462 g/mol. The number of anilines is 2. The molecule has 3 aromatic carbocycles. The highest BCUT2D eigenvalue weighted by molar-refractivity contribution is 7.89. The highest BCUT2D eigenvalue weighted by Crippen LogP contribution is 2.29. The van der Waals surface area contributed by atoms with Gasteiger partial charge >= 0.3 is 0 Å². The predicted molar refractivity (Wildman–Crippen MR) is 125 cm³/mol. The molecule has 4 aromatic rings. The van der Waals surface area contributed by atoms with Crippen LogP contribution in [0.2, 0.25) is 0 Å². The topological polar surface area (TPSA) is 128 Å². The van der Waals surface area contributed by atoms with Crippen LogP contribution < -0.4 is 16.2 Å². The minimum absolute atomic E-state index is 0.0125. The van der Waals surface area contributed by atoms with Crippen molar-refractivity contribution < 1.29 is 17.6 Å². The first kappa shape index (κ1) is 22.1. The normalized spacial score (nSPS) is 11.2. The van der Waals surface area contributed by atoms with Crippen molar-refractivity contribution in [3.05, 3.63) is 96.6 Å². The highest BCUT2D eigenvalue weighted by atomic mass is 32.2. The maximum atomic E-state index is 13.5. The van der Waals surface area contributed by atoms with Crippen molar-refractivity contribution in [3.63, 3.8) is 0 Å². The van der Waals surface area contributed by atoms with E-state index in [9.17, 15) is 17.6 Å². The Morgan fingerprint density at radius 3 is 2.24 bits per heavy atom. The van der Waals surface area contributed by atoms with E-state index in [1.54, 1.807) is 54.6 Å². The molecule has 0 aliphatic carbocycles. The van der Waals surface area contributed by atoms with E-state index in [4.69, 9.17) is 10.9 Å². The molecule has 0 unspecified atom stereocenters. The Labute approximate surface area is 190 Å². The molecule has 166 valence electrons. The molecule has 9 heteroatoms. The van der Waals surface area contributed by atoms with E-state index in [-0.39, 0.29) is 16.3 Å². The number of primary sulfonamides is 1. The lowest BCUT2D eigenvalue weighted by atomic mass is 10.0. The summed E-state index contributed by atoms with van der Waals surface area (Å²) in [6.45, 7) is 0. The molecule has 0 radical (unpaired) electrons. The number of hydrogen-bond acceptors (Lipinski definition) is 5. The maximum Gasteiger partial charge on any atom is 0.274 e. The Hall–Kier alpha value is -4.08. The number of nitrogens with two attached hydrogens (primary N) is 2. The first-order valence-corrected chi connectivity index (χ1v) is 11.3. The second-order valence-electron chi connectivity index (χ2n) is 7.21. The number of rotatable bonds is 5. The summed E-state index contributed by atoms with van der Waals surface area (Å²) < 4.78 is 37.3. The van der Waals surface area contributed by atoms with Crippen LogP contribution in [-0.4, -0.2) is 19.3 Å². The number of benzene rings is 3. The van der Waals surface area contributed by atoms with Crippen molar-refractivity contribution in [1.82, 2.24) is 4.98 Å². The van der Waals surface area contributed by atoms with Gasteiger partial charge in [-0.25, -0.2) is 17.9 Å². The average Bonchev–Trinajstić information content (AvgIpc) is 2.81. The van der Waals surface area contributed by atoms with Crippen LogP contribution in [0, 0.1) is 5.82 Å². The second kappa shape index (κ2) is 8.81. The molecule has 1 amide bonds. The lowest BCUT2D eigenvalue weighted by Gasteiger charge is -2.11. The molecule has 0 saturated heterocycles. The quantitative estimate of drug-likeness (QED) is 0.386. The second-order valence-corrected chi connectivity index (χ2v) is 8.74. The standard InChI is InChI=1S/C24H19FN4O3S/c25-20-12-9-16(14-21(20)26)19-5-3-13-28-23(19)24(30)29-17-10-7-15(8-11-17)18-4-1-2-6-22(18)33(27,31)32/h1-14H,26H2,(H,29,30)(H2,27,31,32). The number of carbonyl (C=O) groups is 1. The lowest BCUT2D eigenvalue weighted by Crippen LogP contribution is -2.15. The van der Waals surface area contributed by atoms with Gasteiger partial charge in [0.05, 0.1) is 10.6 Å². The smallest absolute Gasteiger partial charge is 0.274 e. The summed E-state index contributed by atoms with van der Waals surface area (Å²) in [5, 5.41) is 8.08. The van der Waals surface area contributed by atoms with Gasteiger partial charge < -0.3 is 11.1 Å². The van der Waals surface area contributed by atoms with Gasteiger partial charge in [-0.1, -0.05) is 42.5 Å². The van der Waals surface area contributed by atoms with Crippen molar-refractivity contribution in [2.24, 2.45) is 5.14 Å². The number of nitrogens with zero attached hydrogens (tertiary/aromatic N) is 1. The summed E-state index contributed by atoms with van der Waals surface area (Å²) in [5.74, 6) is -1.01. The molecule has 0 atom stereocenters. The molecular formula is C24H19FN4O3S. The molecule has 1 heterocycles. The van der Waals surface area contributed by atoms with Gasteiger partial charge in [-0.05, 0) is 47.5 Å². The molecular weight excluding hydrogens is 443 g/mol. The number of hydrogen-bond donors (Lipinski definition) is 3. The summed E-state index contributed by atoms with van der Waals surface area (Å²) in [7, 11) is -3.89. The van der Waals surface area contributed by atoms with Gasteiger partial charge in [0.2, 0.25) is 10.0 Å². The highest BCUT2D eigenvalue weighted by Gasteiger charge is 2.17. The summed E-state index contributed by atoms with van der Waals surface area (Å²) in [4.78, 5) is 17.1. The van der Waals surface area contributed by atoms with Gasteiger partial charge in [-0.15, -0.1) is 0 Å². The van der Waals surface area contributed by atoms with E-state index in [2.05, 4.69) is 10.3 Å². The molecule has 1 aromatic heterocycles. The van der Waals surface area contributed by atoms with E-state index in [0.717, 1.165) is 0 Å². The van der Waals surface area contributed by atoms with Crippen molar-refractivity contribution in [2.45, 2.75) is 4.90 Å². The van der Waals surface area contributed by atoms with Crippen LogP contribution in [0.4, 0.5) is 15.8 Å². The molecule has 0 bridgehead atoms. The fourth-order valence-corrected chi connectivity index (χ4v) is 4.17. The number of carbonyl (C=O) groups excluding carboxylic acids is 1. The molecule has 0 aliphatic rings. The van der Waals surface area contributed by atoms with Gasteiger partial charge in [0.25, 0.3) is 5.91 Å². The predicted octanol–water partition coefficient (Wildman–Crippen LogP) is 4.04. The molecule has 0 saturated carbocycles. The minimum Gasteiger partial charge on any atom is -0.396 e. The molecule has 0 spiro atoms. The van der Waals surface area contributed by atoms with E-state index in [1.165, 1.54) is 30.5 Å². The fraction of sp³-hybridized carbons (Fsp3) is 0. The summed E-state index contributed by atoms with van der Waals surface area (Å²) in [6.07, 6.45) is 1.48. The molecule has 0 fully saturated rings. The van der Waals surface area contributed by atoms with Crippen molar-refractivity contribution in [2.75, 3.05) is 11.1 Å². The van der Waals surface area contributed by atoms with E-state index < -0.39 is 21.7 Å². The van der Waals surface area contributed by atoms with E-state index in [0.29, 0.717) is 27.9 Å². The van der Waals surface area contributed by atoms with Gasteiger partial charge in [0.15, 0.2) is 0 Å². The summed E-state index contributed by atoms with van der Waals surface area (Å²) in [6, 6.07) is 20.6. The van der Waals surface area contributed by atoms with Crippen molar-refractivity contribution >= 4 is 27.3 Å². The fourth-order valence-electron chi connectivity index (χ4n) is 3.41. The average molecular weight is 463 g/mol. The van der Waals surface area contributed by atoms with Crippen LogP contribution in [0.25, 0.3) is 22.3 Å². The molecule has 33 heavy (non-hydrogen) atoms. The zero-order chi connectivity index (χ0) is 23.6. The van der Waals surface area contributed by atoms with Crippen molar-refractivity contribution in [3.8, 4) is 22.3 Å². The molecule has 4 rings (SSSR count). The molecule has 0 aliphatic heterocycles. The third-order valence-corrected chi connectivity index (χ3v) is 5.95. The van der Waals surface area contributed by atoms with Gasteiger partial charge in [-0.3, -0.25) is 9.78 Å². The number of nitrogens with one attached hydrogen (secondary N) is 1. The van der Waals surface area contributed by atoms with Crippen LogP contribution in [0.3, 0.4) is 0 Å². The largest absolute Gasteiger partial charge is 0.396 e. The Bertz CT molecular complexity index is 1460. The van der Waals surface area contributed by atoms with Crippen LogP contribution in [-0.2, 0) is 10.0 Å². The number of amides is 1. The van der Waals surface area contributed by atoms with E-state index >= 15 is 0 Å². The third-order valence-electron chi connectivity index (χ3n) is 4.98. The number of halogens is 1.